The zero-order valence-corrected chi connectivity index (χ0v) is 10.7. The lowest BCUT2D eigenvalue weighted by molar-refractivity contribution is 0.329. The molecule has 1 aromatic rings. The zero-order valence-electron chi connectivity index (χ0n) is 10.7. The second-order valence-electron chi connectivity index (χ2n) is 5.46. The molecule has 1 atom stereocenters. The fourth-order valence-electron chi connectivity index (χ4n) is 2.93. The van der Waals surface area contributed by atoms with E-state index in [1.807, 2.05) is 0 Å². The molecule has 1 nitrogen and oxygen atoms in total. The van der Waals surface area contributed by atoms with Gasteiger partial charge in [0.25, 0.3) is 0 Å². The van der Waals surface area contributed by atoms with Crippen molar-refractivity contribution in [1.29, 1.82) is 0 Å². The van der Waals surface area contributed by atoms with Gasteiger partial charge in [0.2, 0.25) is 0 Å². The van der Waals surface area contributed by atoms with Crippen LogP contribution >= 0.6 is 0 Å². The van der Waals surface area contributed by atoms with Crippen LogP contribution in [0.25, 0.3) is 0 Å². The van der Waals surface area contributed by atoms with Crippen molar-refractivity contribution in [2.24, 2.45) is 11.8 Å². The molecule has 0 aliphatic heterocycles. The van der Waals surface area contributed by atoms with Crippen LogP contribution in [0.2, 0.25) is 0 Å². The smallest absolute Gasteiger partial charge is 0.0101 e. The molecule has 1 unspecified atom stereocenters. The maximum Gasteiger partial charge on any atom is 0.0101 e. The van der Waals surface area contributed by atoms with E-state index in [2.05, 4.69) is 50.5 Å². The normalized spacial score (nSPS) is 17.8. The first kappa shape index (κ1) is 11.7. The molecule has 2 rings (SSSR count). The molecule has 0 bridgehead atoms. The van der Waals surface area contributed by atoms with Gasteiger partial charge < -0.3 is 5.32 Å². The Bertz CT molecular complexity index is 318. The fraction of sp³-hybridized carbons (Fsp3) is 0.600. The molecule has 1 aliphatic rings. The van der Waals surface area contributed by atoms with Gasteiger partial charge in [-0.2, -0.15) is 0 Å². The Morgan fingerprint density at radius 1 is 1.19 bits per heavy atom. The van der Waals surface area contributed by atoms with Crippen LogP contribution in [0.4, 0.5) is 0 Å². The van der Waals surface area contributed by atoms with Crippen molar-refractivity contribution in [2.45, 2.75) is 39.2 Å². The molecular weight excluding hydrogens is 194 g/mol. The molecular formula is C15H23N. The van der Waals surface area contributed by atoms with Crippen LogP contribution in [0.1, 0.15) is 31.4 Å². The third kappa shape index (κ3) is 2.46. The van der Waals surface area contributed by atoms with E-state index in [1.165, 1.54) is 19.3 Å². The lowest BCUT2D eigenvalue weighted by Crippen LogP contribution is -2.35. The monoisotopic (exact) mass is 217 g/mol. The molecule has 1 heteroatoms. The van der Waals surface area contributed by atoms with E-state index in [9.17, 15) is 0 Å². The van der Waals surface area contributed by atoms with Gasteiger partial charge in [-0.25, -0.2) is 0 Å². The highest BCUT2D eigenvalue weighted by molar-refractivity contribution is 5.32. The third-order valence-electron chi connectivity index (χ3n) is 3.75. The van der Waals surface area contributed by atoms with Crippen LogP contribution < -0.4 is 5.32 Å². The molecule has 1 N–H and O–H groups in total. The van der Waals surface area contributed by atoms with Crippen molar-refractivity contribution in [2.75, 3.05) is 7.05 Å². The zero-order chi connectivity index (χ0) is 11.5. The van der Waals surface area contributed by atoms with Crippen LogP contribution in [-0.4, -0.2) is 13.1 Å². The first-order valence-corrected chi connectivity index (χ1v) is 6.44. The van der Waals surface area contributed by atoms with Gasteiger partial charge in [-0.15, -0.1) is 0 Å². The Morgan fingerprint density at radius 3 is 2.19 bits per heavy atom. The molecule has 0 saturated carbocycles. The van der Waals surface area contributed by atoms with Crippen LogP contribution in [0.3, 0.4) is 0 Å². The molecule has 0 radical (unpaired) electrons. The van der Waals surface area contributed by atoms with E-state index in [0.29, 0.717) is 6.04 Å². The van der Waals surface area contributed by atoms with Crippen LogP contribution in [0.15, 0.2) is 24.3 Å². The van der Waals surface area contributed by atoms with Gasteiger partial charge >= 0.3 is 0 Å². The SMILES string of the molecule is CNC(CC(C)C)C1Cc2ccccc2C1. The van der Waals surface area contributed by atoms with E-state index in [0.717, 1.165) is 11.8 Å². The third-order valence-corrected chi connectivity index (χ3v) is 3.75. The quantitative estimate of drug-likeness (QED) is 0.817. The number of benzene rings is 1. The minimum absolute atomic E-state index is 0.674. The number of hydrogen-bond donors (Lipinski definition) is 1. The minimum atomic E-state index is 0.674. The average Bonchev–Trinajstić information content (AvgIpc) is 2.68. The summed E-state index contributed by atoms with van der Waals surface area (Å²) in [7, 11) is 2.11. The van der Waals surface area contributed by atoms with Crippen molar-refractivity contribution >= 4 is 0 Å². The summed E-state index contributed by atoms with van der Waals surface area (Å²) in [6, 6.07) is 9.58. The van der Waals surface area contributed by atoms with Crippen molar-refractivity contribution in [3.05, 3.63) is 35.4 Å². The lowest BCUT2D eigenvalue weighted by Gasteiger charge is -2.24. The lowest BCUT2D eigenvalue weighted by atomic mass is 9.90. The Labute approximate surface area is 99.3 Å². The number of hydrogen-bond acceptors (Lipinski definition) is 1. The highest BCUT2D eigenvalue weighted by atomic mass is 14.9. The summed E-state index contributed by atoms with van der Waals surface area (Å²) in [4.78, 5) is 0. The topological polar surface area (TPSA) is 12.0 Å². The van der Waals surface area contributed by atoms with E-state index >= 15 is 0 Å². The molecule has 1 aliphatic carbocycles. The van der Waals surface area contributed by atoms with Crippen molar-refractivity contribution < 1.29 is 0 Å². The van der Waals surface area contributed by atoms with E-state index in [1.54, 1.807) is 11.1 Å². The molecule has 0 fully saturated rings. The van der Waals surface area contributed by atoms with Crippen molar-refractivity contribution in [3.8, 4) is 0 Å². The molecule has 1 aromatic carbocycles. The molecule has 0 aromatic heterocycles. The summed E-state index contributed by atoms with van der Waals surface area (Å²) in [6.07, 6.45) is 3.80. The van der Waals surface area contributed by atoms with Gasteiger partial charge in [0.15, 0.2) is 0 Å². The Kier molecular flexibility index (Phi) is 3.65. The maximum absolute atomic E-state index is 3.51. The summed E-state index contributed by atoms with van der Waals surface area (Å²) < 4.78 is 0. The van der Waals surface area contributed by atoms with E-state index < -0.39 is 0 Å². The summed E-state index contributed by atoms with van der Waals surface area (Å²) in [5, 5.41) is 3.51. The molecule has 0 amide bonds. The van der Waals surface area contributed by atoms with Crippen LogP contribution in [0.5, 0.6) is 0 Å². The van der Waals surface area contributed by atoms with Crippen LogP contribution in [0, 0.1) is 11.8 Å². The average molecular weight is 217 g/mol. The minimum Gasteiger partial charge on any atom is -0.317 e. The van der Waals surface area contributed by atoms with Crippen LogP contribution in [-0.2, 0) is 12.8 Å². The molecule has 0 saturated heterocycles. The van der Waals surface area contributed by atoms with E-state index in [-0.39, 0.29) is 0 Å². The van der Waals surface area contributed by atoms with E-state index in [4.69, 9.17) is 0 Å². The van der Waals surface area contributed by atoms with Gasteiger partial charge in [0, 0.05) is 6.04 Å². The predicted molar refractivity (Wildman–Crippen MR) is 69.6 cm³/mol. The summed E-state index contributed by atoms with van der Waals surface area (Å²) in [5.74, 6) is 1.57. The Balaban J connectivity index is 2.04. The number of nitrogens with one attached hydrogen (secondary N) is 1. The van der Waals surface area contributed by atoms with Gasteiger partial charge in [-0.3, -0.25) is 0 Å². The fourth-order valence-corrected chi connectivity index (χ4v) is 2.93. The van der Waals surface area contributed by atoms with Gasteiger partial charge in [-0.1, -0.05) is 38.1 Å². The number of rotatable bonds is 4. The first-order chi connectivity index (χ1) is 7.70. The maximum atomic E-state index is 3.51. The number of fused-ring (bicyclic) bond motifs is 1. The highest BCUT2D eigenvalue weighted by Gasteiger charge is 2.27. The second kappa shape index (κ2) is 5.01. The molecule has 16 heavy (non-hydrogen) atoms. The summed E-state index contributed by atoms with van der Waals surface area (Å²) in [6.45, 7) is 4.62. The Hall–Kier alpha value is -0.820. The largest absolute Gasteiger partial charge is 0.317 e. The highest BCUT2D eigenvalue weighted by Crippen LogP contribution is 2.30. The van der Waals surface area contributed by atoms with Gasteiger partial charge in [0.1, 0.15) is 0 Å². The first-order valence-electron chi connectivity index (χ1n) is 6.44. The molecule has 0 heterocycles. The Morgan fingerprint density at radius 2 is 1.75 bits per heavy atom. The second-order valence-corrected chi connectivity index (χ2v) is 5.46. The van der Waals surface area contributed by atoms with Gasteiger partial charge in [0.05, 0.1) is 0 Å². The standard InChI is InChI=1S/C15H23N/c1-11(2)8-15(16-3)14-9-12-6-4-5-7-13(12)10-14/h4-7,11,14-16H,8-10H2,1-3H3. The summed E-state index contributed by atoms with van der Waals surface area (Å²) in [5.41, 5.74) is 3.13. The molecule has 0 spiro atoms. The van der Waals surface area contributed by atoms with Crippen molar-refractivity contribution in [1.82, 2.24) is 5.32 Å². The predicted octanol–water partition coefficient (Wildman–Crippen LogP) is 3.04. The van der Waals surface area contributed by atoms with Crippen molar-refractivity contribution in [3.63, 3.8) is 0 Å². The summed E-state index contributed by atoms with van der Waals surface area (Å²) >= 11 is 0. The van der Waals surface area contributed by atoms with Gasteiger partial charge in [-0.05, 0) is 49.3 Å². The molecule has 88 valence electrons.